The zero-order chi connectivity index (χ0) is 38.3. The van der Waals surface area contributed by atoms with Crippen LogP contribution in [0.5, 0.6) is 0 Å². The average molecular weight is 757 g/mol. The van der Waals surface area contributed by atoms with Crippen LogP contribution in [0.25, 0.3) is 108 Å². The molecule has 9 aromatic carbocycles. The van der Waals surface area contributed by atoms with Crippen LogP contribution in [-0.4, -0.2) is 9.13 Å². The van der Waals surface area contributed by atoms with Gasteiger partial charge in [0.1, 0.15) is 0 Å². The molecule has 272 valence electrons. The van der Waals surface area contributed by atoms with Gasteiger partial charge >= 0.3 is 0 Å². The summed E-state index contributed by atoms with van der Waals surface area (Å²) in [4.78, 5) is 0. The van der Waals surface area contributed by atoms with Gasteiger partial charge < -0.3 is 9.13 Å². The predicted octanol–water partition coefficient (Wildman–Crippen LogP) is 15.4. The summed E-state index contributed by atoms with van der Waals surface area (Å²) in [5.74, 6) is 0. The molecule has 12 aromatic rings. The third-order valence-electron chi connectivity index (χ3n) is 13.1. The van der Waals surface area contributed by atoms with Crippen molar-refractivity contribution in [1.29, 1.82) is 0 Å². The molecule has 0 fully saturated rings. The molecule has 1 aliphatic carbocycles. The lowest BCUT2D eigenvalue weighted by Gasteiger charge is -2.22. The van der Waals surface area contributed by atoms with E-state index in [9.17, 15) is 0 Å². The third kappa shape index (κ3) is 4.21. The summed E-state index contributed by atoms with van der Waals surface area (Å²) in [6.45, 7) is 4.74. The van der Waals surface area contributed by atoms with Gasteiger partial charge in [-0.15, -0.1) is 11.3 Å². The maximum Gasteiger partial charge on any atom is 0.0726 e. The van der Waals surface area contributed by atoms with Crippen LogP contribution < -0.4 is 0 Å². The van der Waals surface area contributed by atoms with Gasteiger partial charge in [-0.25, -0.2) is 0 Å². The molecule has 0 unspecified atom stereocenters. The maximum atomic E-state index is 2.56. The SMILES string of the molecule is CC1(C)c2ccccc2-c2ccc(-c3ccc4c(c3)c3c5ccccc5c5c6ccccc6sc5c3n4-c3ccc4c(c3)c3ccccc3n4-c3ccccc3)cc21. The summed E-state index contributed by atoms with van der Waals surface area (Å²) in [5.41, 5.74) is 15.2. The summed E-state index contributed by atoms with van der Waals surface area (Å²) < 4.78 is 7.61. The van der Waals surface area contributed by atoms with E-state index in [-0.39, 0.29) is 5.41 Å². The molecule has 58 heavy (non-hydrogen) atoms. The van der Waals surface area contributed by atoms with Crippen molar-refractivity contribution in [1.82, 2.24) is 9.13 Å². The van der Waals surface area contributed by atoms with Crippen LogP contribution in [0.15, 0.2) is 182 Å². The Kier molecular flexibility index (Phi) is 6.42. The molecule has 3 heterocycles. The fraction of sp³-hybridized carbons (Fsp3) is 0.0545. The summed E-state index contributed by atoms with van der Waals surface area (Å²) in [7, 11) is 0. The Bertz CT molecular complexity index is 3710. The van der Waals surface area contributed by atoms with E-state index in [1.54, 1.807) is 0 Å². The number of hydrogen-bond donors (Lipinski definition) is 0. The van der Waals surface area contributed by atoms with Gasteiger partial charge in [0.15, 0.2) is 0 Å². The molecule has 0 saturated heterocycles. The Morgan fingerprint density at radius 1 is 0.397 bits per heavy atom. The minimum atomic E-state index is -0.0622. The quantitative estimate of drug-likeness (QED) is 0.170. The van der Waals surface area contributed by atoms with Crippen LogP contribution in [0.4, 0.5) is 0 Å². The van der Waals surface area contributed by atoms with E-state index in [0.29, 0.717) is 0 Å². The van der Waals surface area contributed by atoms with Crippen LogP contribution in [0, 0.1) is 0 Å². The highest BCUT2D eigenvalue weighted by atomic mass is 32.1. The van der Waals surface area contributed by atoms with Crippen molar-refractivity contribution < 1.29 is 0 Å². The number of thiophene rings is 1. The molecule has 0 bridgehead atoms. The highest BCUT2D eigenvalue weighted by Crippen LogP contribution is 2.51. The second-order valence-corrected chi connectivity index (χ2v) is 17.5. The minimum Gasteiger partial charge on any atom is -0.309 e. The van der Waals surface area contributed by atoms with Crippen molar-refractivity contribution in [3.05, 3.63) is 193 Å². The van der Waals surface area contributed by atoms with E-state index in [0.717, 1.165) is 0 Å². The van der Waals surface area contributed by atoms with Crippen molar-refractivity contribution in [2.75, 3.05) is 0 Å². The van der Waals surface area contributed by atoms with E-state index in [1.165, 1.54) is 119 Å². The second-order valence-electron chi connectivity index (χ2n) is 16.5. The molecule has 0 aliphatic heterocycles. The predicted molar refractivity (Wildman–Crippen MR) is 249 cm³/mol. The summed E-state index contributed by atoms with van der Waals surface area (Å²) in [6, 6.07) is 67.9. The van der Waals surface area contributed by atoms with Crippen LogP contribution in [0.1, 0.15) is 25.0 Å². The van der Waals surface area contributed by atoms with Crippen LogP contribution in [-0.2, 0) is 5.41 Å². The molecule has 0 radical (unpaired) electrons. The third-order valence-corrected chi connectivity index (χ3v) is 14.3. The Balaban J connectivity index is 1.14. The molecule has 1 aliphatic rings. The van der Waals surface area contributed by atoms with Gasteiger partial charge in [-0.3, -0.25) is 0 Å². The molecule has 0 atom stereocenters. The zero-order valence-corrected chi connectivity index (χ0v) is 32.9. The van der Waals surface area contributed by atoms with Gasteiger partial charge in [0.25, 0.3) is 0 Å². The summed E-state index contributed by atoms with van der Waals surface area (Å²) in [5, 5.41) is 10.4. The first-order chi connectivity index (χ1) is 28.5. The van der Waals surface area contributed by atoms with Gasteiger partial charge in [0.2, 0.25) is 0 Å². The molecule has 0 amide bonds. The second kappa shape index (κ2) is 11.6. The number of para-hydroxylation sites is 2. The Morgan fingerprint density at radius 3 is 1.88 bits per heavy atom. The average Bonchev–Trinajstić information content (AvgIpc) is 3.99. The van der Waals surface area contributed by atoms with Gasteiger partial charge in [0, 0.05) is 53.8 Å². The monoisotopic (exact) mass is 756 g/mol. The molecular weight excluding hydrogens is 721 g/mol. The molecule has 0 spiro atoms. The molecule has 0 saturated carbocycles. The van der Waals surface area contributed by atoms with Crippen LogP contribution >= 0.6 is 11.3 Å². The Morgan fingerprint density at radius 2 is 1.02 bits per heavy atom. The number of aromatic nitrogens is 2. The topological polar surface area (TPSA) is 9.86 Å². The lowest BCUT2D eigenvalue weighted by atomic mass is 9.81. The fourth-order valence-electron chi connectivity index (χ4n) is 10.5. The first kappa shape index (κ1) is 32.2. The van der Waals surface area contributed by atoms with Crippen molar-refractivity contribution in [2.45, 2.75) is 19.3 Å². The smallest absolute Gasteiger partial charge is 0.0726 e. The lowest BCUT2D eigenvalue weighted by molar-refractivity contribution is 0.660. The van der Waals surface area contributed by atoms with Gasteiger partial charge in [-0.2, -0.15) is 0 Å². The zero-order valence-electron chi connectivity index (χ0n) is 32.1. The van der Waals surface area contributed by atoms with Crippen molar-refractivity contribution in [3.63, 3.8) is 0 Å². The number of rotatable bonds is 3. The first-order valence-electron chi connectivity index (χ1n) is 20.2. The van der Waals surface area contributed by atoms with E-state index in [1.807, 2.05) is 11.3 Å². The number of hydrogen-bond acceptors (Lipinski definition) is 1. The normalized spacial score (nSPS) is 13.5. The highest BCUT2D eigenvalue weighted by Gasteiger charge is 2.35. The van der Waals surface area contributed by atoms with Gasteiger partial charge in [0.05, 0.1) is 26.8 Å². The van der Waals surface area contributed by atoms with E-state index in [4.69, 9.17) is 0 Å². The molecule has 13 rings (SSSR count). The van der Waals surface area contributed by atoms with E-state index in [2.05, 4.69) is 205 Å². The standard InChI is InChI=1S/C55H36N2S/c1-55(2)45-21-11-8-16-37(45)38-27-24-34(31-46(38)55)33-25-28-49-44(30-33)51-40-18-6-7-19-41(40)52-42-20-10-13-23-50(42)58-54(52)53(51)57(49)36-26-29-48-43(32-36)39-17-9-12-22-47(39)56(48)35-14-4-3-5-15-35/h3-32H,1-2H3. The lowest BCUT2D eigenvalue weighted by Crippen LogP contribution is -2.14. The minimum absolute atomic E-state index is 0.0622. The molecular formula is C55H36N2S. The molecule has 0 N–H and O–H groups in total. The molecule has 3 aromatic heterocycles. The van der Waals surface area contributed by atoms with Gasteiger partial charge in [-0.05, 0) is 105 Å². The first-order valence-corrected chi connectivity index (χ1v) is 21.0. The molecule has 3 heteroatoms. The van der Waals surface area contributed by atoms with Crippen molar-refractivity contribution >= 4 is 85.9 Å². The van der Waals surface area contributed by atoms with Crippen LogP contribution in [0.3, 0.4) is 0 Å². The Labute approximate surface area is 339 Å². The molecule has 2 nitrogen and oxygen atoms in total. The summed E-state index contributed by atoms with van der Waals surface area (Å²) >= 11 is 1.92. The Hall–Kier alpha value is -6.94. The number of fused-ring (bicyclic) bond motifs is 16. The van der Waals surface area contributed by atoms with Crippen molar-refractivity contribution in [3.8, 4) is 33.6 Å². The fourth-order valence-corrected chi connectivity index (χ4v) is 11.7. The number of nitrogens with zero attached hydrogens (tertiary/aromatic N) is 2. The van der Waals surface area contributed by atoms with E-state index < -0.39 is 0 Å². The highest BCUT2D eigenvalue weighted by molar-refractivity contribution is 7.27. The number of benzene rings is 9. The van der Waals surface area contributed by atoms with Gasteiger partial charge in [-0.1, -0.05) is 135 Å². The van der Waals surface area contributed by atoms with Crippen molar-refractivity contribution in [2.24, 2.45) is 0 Å². The maximum absolute atomic E-state index is 2.56. The van der Waals surface area contributed by atoms with E-state index >= 15 is 0 Å². The summed E-state index contributed by atoms with van der Waals surface area (Å²) in [6.07, 6.45) is 0. The van der Waals surface area contributed by atoms with Crippen LogP contribution in [0.2, 0.25) is 0 Å². The largest absolute Gasteiger partial charge is 0.309 e.